The molecule has 1 fully saturated rings. The lowest BCUT2D eigenvalue weighted by Crippen LogP contribution is -2.39. The Hall–Kier alpha value is -1.46. The van der Waals surface area contributed by atoms with Crippen molar-refractivity contribution in [1.29, 1.82) is 0 Å². The number of hydrogen-bond donors (Lipinski definition) is 1. The topological polar surface area (TPSA) is 45.2 Å². The van der Waals surface area contributed by atoms with Crippen molar-refractivity contribution in [3.8, 4) is 0 Å². The first-order valence-corrected chi connectivity index (χ1v) is 8.35. The fraction of sp³-hybridized carbons (Fsp3) is 0.500. The molecule has 1 aromatic heterocycles. The summed E-state index contributed by atoms with van der Waals surface area (Å²) in [6.07, 6.45) is 4.75. The van der Waals surface area contributed by atoms with Crippen LogP contribution in [0.3, 0.4) is 0 Å². The number of amides is 1. The quantitative estimate of drug-likeness (QED) is 0.924. The lowest BCUT2D eigenvalue weighted by Gasteiger charge is -2.17. The number of benzene rings is 1. The van der Waals surface area contributed by atoms with Crippen LogP contribution in [0.4, 0.5) is 0 Å². The van der Waals surface area contributed by atoms with Crippen molar-refractivity contribution in [2.75, 3.05) is 13.6 Å². The maximum atomic E-state index is 12.0. The van der Waals surface area contributed by atoms with Gasteiger partial charge in [-0.15, -0.1) is 11.3 Å². The van der Waals surface area contributed by atoms with Crippen molar-refractivity contribution in [3.63, 3.8) is 0 Å². The van der Waals surface area contributed by atoms with Crippen molar-refractivity contribution in [2.24, 2.45) is 0 Å². The first-order valence-electron chi connectivity index (χ1n) is 7.53. The monoisotopic (exact) mass is 303 g/mol. The molecule has 21 heavy (non-hydrogen) atoms. The molecule has 1 amide bonds. The molecular formula is C16H21N3OS. The summed E-state index contributed by atoms with van der Waals surface area (Å²) in [5.74, 6) is 0.130. The van der Waals surface area contributed by atoms with Gasteiger partial charge in [-0.25, -0.2) is 4.98 Å². The maximum Gasteiger partial charge on any atom is 0.234 e. The van der Waals surface area contributed by atoms with E-state index in [1.54, 1.807) is 11.3 Å². The van der Waals surface area contributed by atoms with Gasteiger partial charge in [0.05, 0.1) is 23.3 Å². The Morgan fingerprint density at radius 1 is 1.38 bits per heavy atom. The molecule has 0 unspecified atom stereocenters. The van der Waals surface area contributed by atoms with E-state index in [1.165, 1.54) is 17.5 Å². The van der Waals surface area contributed by atoms with Gasteiger partial charge in [0.15, 0.2) is 0 Å². The largest absolute Gasteiger partial charge is 0.352 e. The highest BCUT2D eigenvalue weighted by atomic mass is 32.1. The van der Waals surface area contributed by atoms with E-state index in [2.05, 4.69) is 16.4 Å². The van der Waals surface area contributed by atoms with Crippen molar-refractivity contribution < 1.29 is 4.79 Å². The molecular weight excluding hydrogens is 282 g/mol. The number of carbonyl (C=O) groups is 1. The minimum Gasteiger partial charge on any atom is -0.352 e. The molecule has 1 N–H and O–H groups in total. The molecule has 4 nitrogen and oxygen atoms in total. The molecule has 1 aliphatic carbocycles. The van der Waals surface area contributed by atoms with Crippen LogP contribution in [0.2, 0.25) is 0 Å². The lowest BCUT2D eigenvalue weighted by molar-refractivity contribution is -0.122. The summed E-state index contributed by atoms with van der Waals surface area (Å²) in [6.45, 7) is 1.16. The fourth-order valence-corrected chi connectivity index (χ4v) is 3.91. The Morgan fingerprint density at radius 2 is 2.14 bits per heavy atom. The molecule has 0 radical (unpaired) electrons. The van der Waals surface area contributed by atoms with Gasteiger partial charge in [0.2, 0.25) is 5.91 Å². The van der Waals surface area contributed by atoms with E-state index in [4.69, 9.17) is 0 Å². The van der Waals surface area contributed by atoms with E-state index in [0.717, 1.165) is 29.9 Å². The third kappa shape index (κ3) is 3.80. The van der Waals surface area contributed by atoms with Crippen molar-refractivity contribution in [1.82, 2.24) is 15.2 Å². The number of hydrogen-bond acceptors (Lipinski definition) is 4. The van der Waals surface area contributed by atoms with Crippen LogP contribution < -0.4 is 5.32 Å². The smallest absolute Gasteiger partial charge is 0.234 e. The molecule has 1 saturated carbocycles. The summed E-state index contributed by atoms with van der Waals surface area (Å²) >= 11 is 1.70. The van der Waals surface area contributed by atoms with E-state index < -0.39 is 0 Å². The summed E-state index contributed by atoms with van der Waals surface area (Å²) in [4.78, 5) is 18.6. The molecule has 1 aliphatic rings. The number of fused-ring (bicyclic) bond motifs is 1. The van der Waals surface area contributed by atoms with Crippen LogP contribution >= 0.6 is 11.3 Å². The highest BCUT2D eigenvalue weighted by Gasteiger charge is 2.18. The predicted octanol–water partition coefficient (Wildman–Crippen LogP) is 2.79. The second kappa shape index (κ2) is 6.54. The molecule has 112 valence electrons. The minimum atomic E-state index is 0.130. The Bertz CT molecular complexity index is 586. The third-order valence-electron chi connectivity index (χ3n) is 3.88. The first kappa shape index (κ1) is 14.5. The second-order valence-electron chi connectivity index (χ2n) is 5.80. The molecule has 5 heteroatoms. The van der Waals surface area contributed by atoms with E-state index in [1.807, 2.05) is 30.1 Å². The Labute approximate surface area is 129 Å². The molecule has 0 spiro atoms. The molecule has 2 aromatic rings. The molecule has 0 aliphatic heterocycles. The molecule has 1 aromatic carbocycles. The summed E-state index contributed by atoms with van der Waals surface area (Å²) in [5.41, 5.74) is 1.04. The summed E-state index contributed by atoms with van der Waals surface area (Å²) in [6, 6.07) is 8.55. The molecule has 0 atom stereocenters. The van der Waals surface area contributed by atoms with Crippen LogP contribution in [-0.4, -0.2) is 35.4 Å². The lowest BCUT2D eigenvalue weighted by atomic mass is 10.2. The zero-order valence-electron chi connectivity index (χ0n) is 12.3. The van der Waals surface area contributed by atoms with Crippen molar-refractivity contribution >= 4 is 27.5 Å². The Kier molecular flexibility index (Phi) is 4.51. The van der Waals surface area contributed by atoms with Crippen molar-refractivity contribution in [3.05, 3.63) is 29.3 Å². The van der Waals surface area contributed by atoms with Crippen LogP contribution in [0.5, 0.6) is 0 Å². The zero-order chi connectivity index (χ0) is 14.7. The zero-order valence-corrected chi connectivity index (χ0v) is 13.2. The normalized spacial score (nSPS) is 15.9. The number of carbonyl (C=O) groups excluding carboxylic acids is 1. The molecule has 3 rings (SSSR count). The predicted molar refractivity (Wildman–Crippen MR) is 86.4 cm³/mol. The average molecular weight is 303 g/mol. The highest BCUT2D eigenvalue weighted by Crippen LogP contribution is 2.22. The van der Waals surface area contributed by atoms with Crippen LogP contribution in [0.1, 0.15) is 30.7 Å². The van der Waals surface area contributed by atoms with Gasteiger partial charge in [-0.1, -0.05) is 25.0 Å². The number of nitrogens with zero attached hydrogens (tertiary/aromatic N) is 2. The van der Waals surface area contributed by atoms with E-state index in [-0.39, 0.29) is 5.91 Å². The summed E-state index contributed by atoms with van der Waals surface area (Å²) in [7, 11) is 1.97. The van der Waals surface area contributed by atoms with Gasteiger partial charge < -0.3 is 5.32 Å². The van der Waals surface area contributed by atoms with E-state index in [9.17, 15) is 4.79 Å². The minimum absolute atomic E-state index is 0.130. The van der Waals surface area contributed by atoms with E-state index in [0.29, 0.717) is 12.6 Å². The molecule has 1 heterocycles. The number of para-hydroxylation sites is 1. The van der Waals surface area contributed by atoms with Gasteiger partial charge in [0.25, 0.3) is 0 Å². The molecule has 0 saturated heterocycles. The third-order valence-corrected chi connectivity index (χ3v) is 4.90. The summed E-state index contributed by atoms with van der Waals surface area (Å²) < 4.78 is 1.20. The Morgan fingerprint density at radius 3 is 2.90 bits per heavy atom. The van der Waals surface area contributed by atoms with Gasteiger partial charge in [-0.05, 0) is 32.0 Å². The van der Waals surface area contributed by atoms with E-state index >= 15 is 0 Å². The fourth-order valence-electron chi connectivity index (χ4n) is 2.86. The van der Waals surface area contributed by atoms with Gasteiger partial charge in [-0.3, -0.25) is 9.69 Å². The van der Waals surface area contributed by atoms with Crippen LogP contribution in [0.15, 0.2) is 24.3 Å². The van der Waals surface area contributed by atoms with Crippen LogP contribution in [0.25, 0.3) is 10.2 Å². The number of thiazole rings is 1. The van der Waals surface area contributed by atoms with Gasteiger partial charge in [0, 0.05) is 6.04 Å². The SMILES string of the molecule is CN(CC(=O)NC1CCCC1)Cc1nc2ccccc2s1. The standard InChI is InChI=1S/C16H21N3OS/c1-19(10-15(20)17-12-6-2-3-7-12)11-16-18-13-8-4-5-9-14(13)21-16/h4-5,8-9,12H,2-3,6-7,10-11H2,1H3,(H,17,20). The second-order valence-corrected chi connectivity index (χ2v) is 6.91. The molecule has 0 bridgehead atoms. The van der Waals surface area contributed by atoms with Gasteiger partial charge in [0.1, 0.15) is 5.01 Å². The highest BCUT2D eigenvalue weighted by molar-refractivity contribution is 7.18. The average Bonchev–Trinajstić information content (AvgIpc) is 3.06. The van der Waals surface area contributed by atoms with Crippen LogP contribution in [0, 0.1) is 0 Å². The summed E-state index contributed by atoms with van der Waals surface area (Å²) in [5, 5.41) is 4.19. The Balaban J connectivity index is 1.53. The number of aromatic nitrogens is 1. The maximum absolute atomic E-state index is 12.0. The van der Waals surface area contributed by atoms with Gasteiger partial charge in [-0.2, -0.15) is 0 Å². The van der Waals surface area contributed by atoms with Crippen LogP contribution in [-0.2, 0) is 11.3 Å². The number of rotatable bonds is 5. The van der Waals surface area contributed by atoms with Crippen molar-refractivity contribution in [2.45, 2.75) is 38.3 Å². The van der Waals surface area contributed by atoms with Gasteiger partial charge >= 0.3 is 0 Å². The first-order chi connectivity index (χ1) is 10.2. The number of likely N-dealkylation sites (N-methyl/N-ethyl adjacent to an activating group) is 1. The number of nitrogens with one attached hydrogen (secondary N) is 1.